The van der Waals surface area contributed by atoms with Crippen LogP contribution in [0.25, 0.3) is 10.9 Å². The molecule has 1 aromatic carbocycles. The first kappa shape index (κ1) is 12.2. The first-order valence-electron chi connectivity index (χ1n) is 5.27. The van der Waals surface area contributed by atoms with Crippen molar-refractivity contribution < 1.29 is 4.84 Å². The quantitative estimate of drug-likeness (QED) is 0.736. The maximum atomic E-state index is 11.8. The molecule has 0 bridgehead atoms. The van der Waals surface area contributed by atoms with E-state index in [0.29, 0.717) is 16.7 Å². The van der Waals surface area contributed by atoms with Crippen LogP contribution in [0.1, 0.15) is 19.7 Å². The van der Waals surface area contributed by atoms with E-state index >= 15 is 0 Å². The number of para-hydroxylation sites is 1. The van der Waals surface area contributed by atoms with E-state index in [2.05, 4.69) is 4.98 Å². The van der Waals surface area contributed by atoms with Gasteiger partial charge in [-0.05, 0) is 19.1 Å². The predicted molar refractivity (Wildman–Crippen MR) is 64.6 cm³/mol. The molecule has 0 atom stereocenters. The van der Waals surface area contributed by atoms with Gasteiger partial charge in [-0.1, -0.05) is 26.0 Å². The number of aromatic nitrogens is 2. The second-order valence-electron chi connectivity index (χ2n) is 2.96. The lowest BCUT2D eigenvalue weighted by atomic mass is 10.2. The van der Waals surface area contributed by atoms with Crippen molar-refractivity contribution in [3.63, 3.8) is 0 Å². The van der Waals surface area contributed by atoms with Crippen molar-refractivity contribution >= 4 is 10.9 Å². The van der Waals surface area contributed by atoms with E-state index in [1.165, 1.54) is 11.8 Å². The highest BCUT2D eigenvalue weighted by Gasteiger charge is 2.06. The van der Waals surface area contributed by atoms with Crippen LogP contribution in [0, 0.1) is 6.92 Å². The molecule has 0 aliphatic rings. The topological polar surface area (TPSA) is 44.1 Å². The number of hydrogen-bond acceptors (Lipinski definition) is 3. The minimum absolute atomic E-state index is 0.171. The standard InChI is InChI=1S/C10H10N2O2.C2H6/c1-7-11-9-6-4-3-5-8(9)10(13)12(7)14-2;1-2/h3-6H,1-2H3;1-2H3. The van der Waals surface area contributed by atoms with Gasteiger partial charge in [0.25, 0.3) is 5.56 Å². The SMILES string of the molecule is CC.COn1c(C)nc2ccccc2c1=O. The Hall–Kier alpha value is -1.84. The van der Waals surface area contributed by atoms with Gasteiger partial charge in [-0.25, -0.2) is 4.98 Å². The summed E-state index contributed by atoms with van der Waals surface area (Å²) in [5.74, 6) is 0.552. The van der Waals surface area contributed by atoms with Gasteiger partial charge in [-0.2, -0.15) is 0 Å². The Morgan fingerprint density at radius 2 is 1.88 bits per heavy atom. The summed E-state index contributed by atoms with van der Waals surface area (Å²) in [7, 11) is 1.45. The van der Waals surface area contributed by atoms with Gasteiger partial charge in [0, 0.05) is 0 Å². The summed E-state index contributed by atoms with van der Waals surface area (Å²) in [4.78, 5) is 20.9. The highest BCUT2D eigenvalue weighted by molar-refractivity contribution is 5.77. The molecule has 0 aliphatic heterocycles. The summed E-state index contributed by atoms with van der Waals surface area (Å²) in [6.07, 6.45) is 0. The van der Waals surface area contributed by atoms with Crippen LogP contribution in [0.15, 0.2) is 29.1 Å². The smallest absolute Gasteiger partial charge is 0.294 e. The average Bonchev–Trinajstić information content (AvgIpc) is 2.32. The molecular weight excluding hydrogens is 204 g/mol. The Morgan fingerprint density at radius 3 is 2.50 bits per heavy atom. The van der Waals surface area contributed by atoms with Crippen molar-refractivity contribution in [2.45, 2.75) is 20.8 Å². The lowest BCUT2D eigenvalue weighted by Crippen LogP contribution is -2.28. The number of aryl methyl sites for hydroxylation is 1. The molecule has 2 aromatic rings. The van der Waals surface area contributed by atoms with Crippen molar-refractivity contribution in [3.8, 4) is 0 Å². The first-order valence-corrected chi connectivity index (χ1v) is 5.27. The summed E-state index contributed by atoms with van der Waals surface area (Å²) < 4.78 is 1.18. The second-order valence-corrected chi connectivity index (χ2v) is 2.96. The molecule has 86 valence electrons. The van der Waals surface area contributed by atoms with E-state index in [9.17, 15) is 4.79 Å². The van der Waals surface area contributed by atoms with E-state index < -0.39 is 0 Å². The van der Waals surface area contributed by atoms with E-state index in [4.69, 9.17) is 4.84 Å². The zero-order valence-corrected chi connectivity index (χ0v) is 10.0. The molecule has 0 fully saturated rings. The van der Waals surface area contributed by atoms with Crippen molar-refractivity contribution in [3.05, 3.63) is 40.4 Å². The van der Waals surface area contributed by atoms with E-state index in [1.54, 1.807) is 19.1 Å². The molecule has 4 nitrogen and oxygen atoms in total. The molecule has 0 radical (unpaired) electrons. The lowest BCUT2D eigenvalue weighted by Gasteiger charge is -2.07. The molecule has 4 heteroatoms. The molecule has 0 unspecified atom stereocenters. The van der Waals surface area contributed by atoms with Gasteiger partial charge in [-0.3, -0.25) is 4.79 Å². The maximum Gasteiger partial charge on any atom is 0.294 e. The molecule has 16 heavy (non-hydrogen) atoms. The normalized spacial score (nSPS) is 9.50. The number of fused-ring (bicyclic) bond motifs is 1. The number of nitrogens with zero attached hydrogens (tertiary/aromatic N) is 2. The van der Waals surface area contributed by atoms with Crippen molar-refractivity contribution in [1.29, 1.82) is 0 Å². The third-order valence-electron chi connectivity index (χ3n) is 2.08. The van der Waals surface area contributed by atoms with Crippen LogP contribution in [0.4, 0.5) is 0 Å². The third-order valence-corrected chi connectivity index (χ3v) is 2.08. The summed E-state index contributed by atoms with van der Waals surface area (Å²) in [6.45, 7) is 5.73. The molecule has 1 heterocycles. The van der Waals surface area contributed by atoms with Crippen LogP contribution in [0.2, 0.25) is 0 Å². The van der Waals surface area contributed by atoms with Gasteiger partial charge >= 0.3 is 0 Å². The summed E-state index contributed by atoms with van der Waals surface area (Å²) in [6, 6.07) is 7.20. The number of benzene rings is 1. The molecule has 0 N–H and O–H groups in total. The molecular formula is C12H16N2O2. The van der Waals surface area contributed by atoms with Gasteiger partial charge in [0.15, 0.2) is 0 Å². The van der Waals surface area contributed by atoms with Crippen molar-refractivity contribution in [2.75, 3.05) is 7.11 Å². The summed E-state index contributed by atoms with van der Waals surface area (Å²) in [5, 5.41) is 0.569. The molecule has 0 amide bonds. The molecule has 2 rings (SSSR count). The third kappa shape index (κ3) is 2.05. The maximum absolute atomic E-state index is 11.8. The van der Waals surface area contributed by atoms with Crippen LogP contribution in [0.5, 0.6) is 0 Å². The van der Waals surface area contributed by atoms with Gasteiger partial charge in [0.2, 0.25) is 0 Å². The van der Waals surface area contributed by atoms with Crippen molar-refractivity contribution in [1.82, 2.24) is 9.71 Å². The second kappa shape index (κ2) is 5.30. The Balaban J connectivity index is 0.000000606. The fraction of sp³-hybridized carbons (Fsp3) is 0.333. The van der Waals surface area contributed by atoms with Gasteiger partial charge < -0.3 is 4.84 Å². The van der Waals surface area contributed by atoms with E-state index in [1.807, 2.05) is 26.0 Å². The van der Waals surface area contributed by atoms with Gasteiger partial charge in [-0.15, -0.1) is 4.73 Å². The van der Waals surface area contributed by atoms with Gasteiger partial charge in [0.05, 0.1) is 10.9 Å². The summed E-state index contributed by atoms with van der Waals surface area (Å²) >= 11 is 0. The molecule has 0 saturated heterocycles. The minimum Gasteiger partial charge on any atom is -0.412 e. The van der Waals surface area contributed by atoms with Crippen molar-refractivity contribution in [2.24, 2.45) is 0 Å². The van der Waals surface area contributed by atoms with Crippen LogP contribution < -0.4 is 10.4 Å². The zero-order chi connectivity index (χ0) is 12.1. The Kier molecular flexibility index (Phi) is 4.05. The first-order chi connectivity index (χ1) is 7.74. The van der Waals surface area contributed by atoms with Crippen LogP contribution in [-0.4, -0.2) is 16.8 Å². The van der Waals surface area contributed by atoms with Gasteiger partial charge in [0.1, 0.15) is 12.9 Å². The fourth-order valence-corrected chi connectivity index (χ4v) is 1.44. The highest BCUT2D eigenvalue weighted by atomic mass is 16.7. The molecule has 0 aliphatic carbocycles. The van der Waals surface area contributed by atoms with Crippen LogP contribution in [0.3, 0.4) is 0 Å². The fourth-order valence-electron chi connectivity index (χ4n) is 1.44. The Bertz CT molecular complexity index is 532. The molecule has 1 aromatic heterocycles. The highest BCUT2D eigenvalue weighted by Crippen LogP contribution is 2.05. The zero-order valence-electron chi connectivity index (χ0n) is 10.0. The monoisotopic (exact) mass is 220 g/mol. The Labute approximate surface area is 94.5 Å². The number of hydrogen-bond donors (Lipinski definition) is 0. The number of rotatable bonds is 1. The lowest BCUT2D eigenvalue weighted by molar-refractivity contribution is 0.149. The van der Waals surface area contributed by atoms with Crippen LogP contribution in [-0.2, 0) is 0 Å². The molecule has 0 spiro atoms. The van der Waals surface area contributed by atoms with Crippen LogP contribution >= 0.6 is 0 Å². The minimum atomic E-state index is -0.171. The van der Waals surface area contributed by atoms with E-state index in [-0.39, 0.29) is 5.56 Å². The average molecular weight is 220 g/mol. The Morgan fingerprint density at radius 1 is 1.25 bits per heavy atom. The molecule has 0 saturated carbocycles. The predicted octanol–water partition coefficient (Wildman–Crippen LogP) is 1.79. The largest absolute Gasteiger partial charge is 0.412 e. The van der Waals surface area contributed by atoms with E-state index in [0.717, 1.165) is 0 Å². The summed E-state index contributed by atoms with van der Waals surface area (Å²) in [5.41, 5.74) is 0.527.